The Bertz CT molecular complexity index is 418. The van der Waals surface area contributed by atoms with Crippen molar-refractivity contribution in [3.63, 3.8) is 0 Å². The van der Waals surface area contributed by atoms with Crippen molar-refractivity contribution in [2.75, 3.05) is 0 Å². The molecular weight excluding hydrogens is 162 g/mol. The maximum absolute atomic E-state index is 4.25. The van der Waals surface area contributed by atoms with Gasteiger partial charge < -0.3 is 0 Å². The van der Waals surface area contributed by atoms with Gasteiger partial charge in [-0.2, -0.15) is 9.78 Å². The molecule has 0 aliphatic rings. The largest absolute Gasteiger partial charge is 0.350 e. The van der Waals surface area contributed by atoms with Crippen LogP contribution < -0.4 is 4.68 Å². The molecule has 1 heterocycles. The summed E-state index contributed by atoms with van der Waals surface area (Å²) in [5.41, 5.74) is 2.41. The summed E-state index contributed by atoms with van der Waals surface area (Å²) < 4.78 is 1.91. The van der Waals surface area contributed by atoms with E-state index in [4.69, 9.17) is 0 Å². The highest BCUT2D eigenvalue weighted by atomic mass is 15.3. The first kappa shape index (κ1) is 7.98. The van der Waals surface area contributed by atoms with Crippen molar-refractivity contribution in [2.24, 2.45) is 7.05 Å². The van der Waals surface area contributed by atoms with Gasteiger partial charge in [-0.25, -0.2) is 0 Å². The fraction of sp³-hybridized carbons (Fsp3) is 0.200. The van der Waals surface area contributed by atoms with E-state index in [9.17, 15) is 0 Å². The molecule has 3 heteroatoms. The third-order valence-electron chi connectivity index (χ3n) is 2.14. The van der Waals surface area contributed by atoms with Crippen molar-refractivity contribution in [3.05, 3.63) is 36.2 Å². The monoisotopic (exact) mass is 174 g/mol. The van der Waals surface area contributed by atoms with Crippen LogP contribution in [0.25, 0.3) is 11.4 Å². The molecule has 0 unspecified atom stereocenters. The number of rotatable bonds is 1. The van der Waals surface area contributed by atoms with Crippen molar-refractivity contribution in [1.29, 1.82) is 0 Å². The average Bonchev–Trinajstić information content (AvgIpc) is 2.52. The Kier molecular flexibility index (Phi) is 1.85. The summed E-state index contributed by atoms with van der Waals surface area (Å²) in [4.78, 5) is 4.25. The summed E-state index contributed by atoms with van der Waals surface area (Å²) in [6.07, 6.45) is 1.70. The Labute approximate surface area is 77.0 Å². The third kappa shape index (κ3) is 1.33. The lowest BCUT2D eigenvalue weighted by Crippen LogP contribution is -2.32. The van der Waals surface area contributed by atoms with Gasteiger partial charge >= 0.3 is 5.82 Å². The number of aromatic amines is 1. The molecule has 0 spiro atoms. The normalized spacial score (nSPS) is 10.3. The highest BCUT2D eigenvalue weighted by Crippen LogP contribution is 2.16. The van der Waals surface area contributed by atoms with Crippen molar-refractivity contribution >= 4 is 0 Å². The number of H-pyrrole nitrogens is 1. The molecule has 0 aliphatic carbocycles. The molecule has 13 heavy (non-hydrogen) atoms. The molecule has 0 atom stereocenters. The molecule has 66 valence electrons. The second kappa shape index (κ2) is 3.01. The second-order valence-electron chi connectivity index (χ2n) is 3.08. The predicted octanol–water partition coefficient (Wildman–Crippen LogP) is 1.21. The summed E-state index contributed by atoms with van der Waals surface area (Å²) >= 11 is 0. The molecule has 1 aromatic heterocycles. The van der Waals surface area contributed by atoms with Gasteiger partial charge in [-0.15, -0.1) is 0 Å². The van der Waals surface area contributed by atoms with E-state index >= 15 is 0 Å². The second-order valence-corrected chi connectivity index (χ2v) is 3.08. The average molecular weight is 174 g/mol. The highest BCUT2D eigenvalue weighted by molar-refractivity contribution is 5.56. The van der Waals surface area contributed by atoms with Gasteiger partial charge in [0.1, 0.15) is 7.05 Å². The molecule has 3 nitrogen and oxygen atoms in total. The number of nitrogens with zero attached hydrogens (tertiary/aromatic N) is 2. The lowest BCUT2D eigenvalue weighted by atomic mass is 10.1. The molecule has 0 saturated heterocycles. The van der Waals surface area contributed by atoms with Gasteiger partial charge in [-0.1, -0.05) is 18.2 Å². The molecule has 1 aromatic carbocycles. The summed E-state index contributed by atoms with van der Waals surface area (Å²) in [5, 5.41) is 3.00. The van der Waals surface area contributed by atoms with Crippen LogP contribution in [0.2, 0.25) is 0 Å². The van der Waals surface area contributed by atoms with Gasteiger partial charge in [-0.3, -0.25) is 0 Å². The summed E-state index contributed by atoms with van der Waals surface area (Å²) in [7, 11) is 1.95. The molecule has 2 aromatic rings. The fourth-order valence-electron chi connectivity index (χ4n) is 1.40. The van der Waals surface area contributed by atoms with Crippen LogP contribution in [0.4, 0.5) is 0 Å². The number of hydrogen-bond donors (Lipinski definition) is 1. The quantitative estimate of drug-likeness (QED) is 0.647. The molecule has 0 bridgehead atoms. The standard InChI is InChI=1S/C10H11N3/c1-8-5-3-4-6-9(8)10-11-7-12-13(10)2/h3-7H,1-2H3/p+1. The molecule has 0 aliphatic heterocycles. The maximum Gasteiger partial charge on any atom is 0.350 e. The fourth-order valence-corrected chi connectivity index (χ4v) is 1.40. The molecule has 1 N–H and O–H groups in total. The molecule has 0 radical (unpaired) electrons. The lowest BCUT2D eigenvalue weighted by molar-refractivity contribution is -0.717. The first-order valence-corrected chi connectivity index (χ1v) is 4.24. The topological polar surface area (TPSA) is 32.6 Å². The Morgan fingerprint density at radius 1 is 1.31 bits per heavy atom. The maximum atomic E-state index is 4.25. The number of hydrogen-bond acceptors (Lipinski definition) is 1. The highest BCUT2D eigenvalue weighted by Gasteiger charge is 2.14. The summed E-state index contributed by atoms with van der Waals surface area (Å²) in [6.45, 7) is 2.09. The Morgan fingerprint density at radius 2 is 2.08 bits per heavy atom. The lowest BCUT2D eigenvalue weighted by Gasteiger charge is -1.96. The minimum Gasteiger partial charge on any atom is -0.194 e. The molecule has 2 rings (SSSR count). The van der Waals surface area contributed by atoms with Gasteiger partial charge in [-0.05, 0) is 23.5 Å². The molecule has 0 saturated carbocycles. The van der Waals surface area contributed by atoms with Crippen molar-refractivity contribution < 1.29 is 4.68 Å². The smallest absolute Gasteiger partial charge is 0.194 e. The van der Waals surface area contributed by atoms with E-state index in [2.05, 4.69) is 29.1 Å². The van der Waals surface area contributed by atoms with Crippen LogP contribution in [0.3, 0.4) is 0 Å². The zero-order valence-corrected chi connectivity index (χ0v) is 7.78. The first-order chi connectivity index (χ1) is 6.29. The minimum atomic E-state index is 0.970. The van der Waals surface area contributed by atoms with Crippen LogP contribution in [-0.2, 0) is 7.05 Å². The Hall–Kier alpha value is -1.64. The molecular formula is C10H12N3+. The van der Waals surface area contributed by atoms with E-state index in [0.717, 1.165) is 5.82 Å². The number of aryl methyl sites for hydroxylation is 2. The van der Waals surface area contributed by atoms with E-state index in [1.807, 2.05) is 23.9 Å². The van der Waals surface area contributed by atoms with Crippen LogP contribution >= 0.6 is 0 Å². The zero-order chi connectivity index (χ0) is 9.26. The van der Waals surface area contributed by atoms with Crippen molar-refractivity contribution in [3.8, 4) is 11.4 Å². The van der Waals surface area contributed by atoms with Gasteiger partial charge in [0.05, 0.1) is 5.56 Å². The summed E-state index contributed by atoms with van der Waals surface area (Å²) in [6, 6.07) is 8.22. The number of benzene rings is 1. The van der Waals surface area contributed by atoms with Crippen LogP contribution in [0.15, 0.2) is 30.6 Å². The Balaban J connectivity index is 2.59. The van der Waals surface area contributed by atoms with E-state index in [0.29, 0.717) is 0 Å². The van der Waals surface area contributed by atoms with E-state index in [-0.39, 0.29) is 0 Å². The summed E-state index contributed by atoms with van der Waals surface area (Å²) in [5.74, 6) is 0.970. The van der Waals surface area contributed by atoms with Gasteiger partial charge in [0, 0.05) is 0 Å². The van der Waals surface area contributed by atoms with Crippen molar-refractivity contribution in [2.45, 2.75) is 6.92 Å². The number of nitrogens with one attached hydrogen (secondary N) is 1. The predicted molar refractivity (Wildman–Crippen MR) is 49.9 cm³/mol. The van der Waals surface area contributed by atoms with Gasteiger partial charge in [0.2, 0.25) is 6.33 Å². The van der Waals surface area contributed by atoms with Crippen LogP contribution in [-0.4, -0.2) is 10.1 Å². The third-order valence-corrected chi connectivity index (χ3v) is 2.14. The first-order valence-electron chi connectivity index (χ1n) is 4.24. The van der Waals surface area contributed by atoms with Crippen LogP contribution in [0, 0.1) is 6.92 Å². The van der Waals surface area contributed by atoms with E-state index < -0.39 is 0 Å². The molecule has 0 fully saturated rings. The number of aromatic nitrogens is 3. The zero-order valence-electron chi connectivity index (χ0n) is 7.78. The van der Waals surface area contributed by atoms with Gasteiger partial charge in [0.15, 0.2) is 0 Å². The minimum absolute atomic E-state index is 0.970. The Morgan fingerprint density at radius 3 is 2.69 bits per heavy atom. The van der Waals surface area contributed by atoms with Crippen molar-refractivity contribution in [1.82, 2.24) is 10.1 Å². The van der Waals surface area contributed by atoms with Crippen LogP contribution in [0.5, 0.6) is 0 Å². The van der Waals surface area contributed by atoms with Gasteiger partial charge in [0.25, 0.3) is 0 Å². The SMILES string of the molecule is Cc1ccccc1-c1nc[nH][n+]1C. The van der Waals surface area contributed by atoms with E-state index in [1.165, 1.54) is 11.1 Å². The van der Waals surface area contributed by atoms with Crippen LogP contribution in [0.1, 0.15) is 5.56 Å². The van der Waals surface area contributed by atoms with E-state index in [1.54, 1.807) is 6.33 Å². The molecule has 0 amide bonds.